The maximum Gasteiger partial charge on any atom is 0.237 e. The number of rotatable bonds is 7. The molecule has 0 radical (unpaired) electrons. The van der Waals surface area contributed by atoms with Gasteiger partial charge >= 0.3 is 0 Å². The lowest BCUT2D eigenvalue weighted by Gasteiger charge is -2.42. The standard InChI is InChI=1S/C28H35ClN5O3P/c1-36-26-23(9-8-21(32-26)19-10-12-28(13-11-19)14-16-37-17-15-28)33-27-30-18-20(29)25(34-27)31-22-6-4-5-7-24(22)38(2,3)35/h4-9,18-19H,10-17H2,1-3H3,(H2,30,31,33,34). The van der Waals surface area contributed by atoms with Crippen LogP contribution in [-0.4, -0.2) is 48.6 Å². The van der Waals surface area contributed by atoms with Crippen molar-refractivity contribution in [3.05, 3.63) is 53.3 Å². The van der Waals surface area contributed by atoms with Crippen LogP contribution in [0.25, 0.3) is 0 Å². The van der Waals surface area contributed by atoms with Crippen LogP contribution in [0.1, 0.15) is 50.1 Å². The fourth-order valence-corrected chi connectivity index (χ4v) is 6.87. The SMILES string of the molecule is COc1nc(C2CCC3(CCOCC3)CC2)ccc1Nc1ncc(Cl)c(Nc2ccccc2P(C)(C)=O)n1. The van der Waals surface area contributed by atoms with E-state index in [2.05, 4.69) is 26.7 Å². The molecule has 1 saturated heterocycles. The van der Waals surface area contributed by atoms with E-state index in [0.717, 1.165) is 37.1 Å². The molecule has 8 nitrogen and oxygen atoms in total. The summed E-state index contributed by atoms with van der Waals surface area (Å²) in [6, 6.07) is 11.5. The van der Waals surface area contributed by atoms with Gasteiger partial charge in [0, 0.05) is 30.1 Å². The highest BCUT2D eigenvalue weighted by atomic mass is 35.5. The molecule has 1 spiro atoms. The molecule has 1 aliphatic heterocycles. The Morgan fingerprint density at radius 1 is 1.00 bits per heavy atom. The number of hydrogen-bond acceptors (Lipinski definition) is 8. The monoisotopic (exact) mass is 555 g/mol. The van der Waals surface area contributed by atoms with Crippen molar-refractivity contribution in [2.45, 2.75) is 44.4 Å². The first-order valence-corrected chi connectivity index (χ1v) is 16.1. The summed E-state index contributed by atoms with van der Waals surface area (Å²) >= 11 is 6.41. The first kappa shape index (κ1) is 26.9. The number of pyridine rings is 1. The second kappa shape index (κ2) is 11.2. The normalized spacial score (nSPS) is 17.8. The fraction of sp³-hybridized carbons (Fsp3) is 0.464. The van der Waals surface area contributed by atoms with E-state index >= 15 is 0 Å². The Morgan fingerprint density at radius 2 is 1.74 bits per heavy atom. The number of anilines is 4. The Labute approximate surface area is 229 Å². The van der Waals surface area contributed by atoms with E-state index in [9.17, 15) is 4.57 Å². The third-order valence-corrected chi connectivity index (χ3v) is 9.65. The van der Waals surface area contributed by atoms with Crippen LogP contribution in [0.5, 0.6) is 5.88 Å². The van der Waals surface area contributed by atoms with Crippen LogP contribution in [0.4, 0.5) is 23.1 Å². The fourth-order valence-electron chi connectivity index (χ4n) is 5.58. The third kappa shape index (κ3) is 5.98. The highest BCUT2D eigenvalue weighted by Gasteiger charge is 2.37. The molecule has 0 unspecified atom stereocenters. The number of nitrogens with one attached hydrogen (secondary N) is 2. The molecule has 3 heterocycles. The molecule has 0 amide bonds. The van der Waals surface area contributed by atoms with Crippen LogP contribution in [0, 0.1) is 5.41 Å². The topological polar surface area (TPSA) is 98.3 Å². The molecule has 0 bridgehead atoms. The van der Waals surface area contributed by atoms with E-state index in [4.69, 9.17) is 26.1 Å². The minimum atomic E-state index is -2.51. The molecule has 0 atom stereocenters. The van der Waals surface area contributed by atoms with E-state index in [1.165, 1.54) is 31.9 Å². The molecule has 1 saturated carbocycles. The largest absolute Gasteiger partial charge is 0.480 e. The predicted molar refractivity (Wildman–Crippen MR) is 154 cm³/mol. The summed E-state index contributed by atoms with van der Waals surface area (Å²) in [5, 5.41) is 7.54. The van der Waals surface area contributed by atoms with Crippen LogP contribution in [0.3, 0.4) is 0 Å². The Kier molecular flexibility index (Phi) is 7.94. The number of para-hydroxylation sites is 1. The van der Waals surface area contributed by atoms with Crippen molar-refractivity contribution < 1.29 is 14.0 Å². The van der Waals surface area contributed by atoms with Crippen molar-refractivity contribution in [2.24, 2.45) is 5.41 Å². The number of benzene rings is 1. The average molecular weight is 556 g/mol. The Balaban J connectivity index is 1.32. The number of aromatic nitrogens is 3. The molecule has 1 aliphatic carbocycles. The van der Waals surface area contributed by atoms with Gasteiger partial charge in [-0.25, -0.2) is 9.97 Å². The van der Waals surface area contributed by atoms with Gasteiger partial charge in [0.2, 0.25) is 11.8 Å². The summed E-state index contributed by atoms with van der Waals surface area (Å²) in [4.78, 5) is 13.8. The maximum absolute atomic E-state index is 12.8. The zero-order valence-corrected chi connectivity index (χ0v) is 23.8. The second-order valence-corrected chi connectivity index (χ2v) is 14.3. The minimum absolute atomic E-state index is 0.345. The quantitative estimate of drug-likeness (QED) is 0.310. The van der Waals surface area contributed by atoms with E-state index in [-0.39, 0.29) is 0 Å². The van der Waals surface area contributed by atoms with Crippen molar-refractivity contribution in [1.29, 1.82) is 0 Å². The molecule has 202 valence electrons. The third-order valence-electron chi connectivity index (χ3n) is 7.82. The van der Waals surface area contributed by atoms with Gasteiger partial charge in [-0.3, -0.25) is 0 Å². The summed E-state index contributed by atoms with van der Waals surface area (Å²) in [5.74, 6) is 1.70. The molecule has 3 aromatic rings. The Hall–Kier alpha value is -2.67. The summed E-state index contributed by atoms with van der Waals surface area (Å²) in [5.41, 5.74) is 2.90. The van der Waals surface area contributed by atoms with Gasteiger partial charge in [-0.15, -0.1) is 0 Å². The maximum atomic E-state index is 12.8. The Bertz CT molecular complexity index is 1330. The van der Waals surface area contributed by atoms with Crippen LogP contribution < -0.4 is 20.7 Å². The molecule has 10 heteroatoms. The van der Waals surface area contributed by atoms with E-state index < -0.39 is 7.14 Å². The van der Waals surface area contributed by atoms with Crippen LogP contribution in [0.15, 0.2) is 42.6 Å². The zero-order chi connectivity index (χ0) is 26.8. The second-order valence-electron chi connectivity index (χ2n) is 10.7. The molecule has 38 heavy (non-hydrogen) atoms. The Morgan fingerprint density at radius 3 is 2.45 bits per heavy atom. The molecule has 2 fully saturated rings. The first-order valence-electron chi connectivity index (χ1n) is 13.1. The highest BCUT2D eigenvalue weighted by Crippen LogP contribution is 2.48. The van der Waals surface area contributed by atoms with Gasteiger partial charge in [-0.1, -0.05) is 23.7 Å². The lowest BCUT2D eigenvalue weighted by atomic mass is 9.66. The van der Waals surface area contributed by atoms with Gasteiger partial charge in [0.25, 0.3) is 0 Å². The highest BCUT2D eigenvalue weighted by molar-refractivity contribution is 7.70. The summed E-state index contributed by atoms with van der Waals surface area (Å²) in [6.45, 7) is 5.26. The zero-order valence-electron chi connectivity index (χ0n) is 22.2. The molecular formula is C28H35ClN5O3P. The van der Waals surface area contributed by atoms with Crippen molar-refractivity contribution in [3.63, 3.8) is 0 Å². The lowest BCUT2D eigenvalue weighted by Crippen LogP contribution is -2.33. The average Bonchev–Trinajstić information content (AvgIpc) is 2.91. The molecule has 2 aromatic heterocycles. The molecular weight excluding hydrogens is 521 g/mol. The number of halogens is 1. The van der Waals surface area contributed by atoms with Crippen molar-refractivity contribution in [2.75, 3.05) is 44.3 Å². The van der Waals surface area contributed by atoms with Crippen molar-refractivity contribution in [1.82, 2.24) is 15.0 Å². The van der Waals surface area contributed by atoms with Gasteiger partial charge in [-0.2, -0.15) is 4.98 Å². The van der Waals surface area contributed by atoms with Gasteiger partial charge < -0.3 is 24.7 Å². The lowest BCUT2D eigenvalue weighted by molar-refractivity contribution is -0.00783. The minimum Gasteiger partial charge on any atom is -0.480 e. The summed E-state index contributed by atoms with van der Waals surface area (Å²) in [6.07, 6.45) is 8.63. The molecule has 1 aromatic carbocycles. The predicted octanol–water partition coefficient (Wildman–Crippen LogP) is 6.72. The molecule has 2 aliphatic rings. The number of hydrogen-bond donors (Lipinski definition) is 2. The van der Waals surface area contributed by atoms with Gasteiger partial charge in [0.1, 0.15) is 17.9 Å². The number of nitrogens with zero attached hydrogens (tertiary/aromatic N) is 3. The van der Waals surface area contributed by atoms with Gasteiger partial charge in [0.05, 0.1) is 19.0 Å². The van der Waals surface area contributed by atoms with E-state index in [1.807, 2.05) is 30.3 Å². The number of methoxy groups -OCH3 is 1. The van der Waals surface area contributed by atoms with Gasteiger partial charge in [-0.05, 0) is 81.5 Å². The summed E-state index contributed by atoms with van der Waals surface area (Å²) < 4.78 is 24.0. The van der Waals surface area contributed by atoms with Gasteiger partial charge in [0.15, 0.2) is 5.82 Å². The van der Waals surface area contributed by atoms with E-state index in [1.54, 1.807) is 20.4 Å². The van der Waals surface area contributed by atoms with Crippen molar-refractivity contribution in [3.8, 4) is 5.88 Å². The first-order chi connectivity index (χ1) is 18.3. The van der Waals surface area contributed by atoms with Crippen LogP contribution in [-0.2, 0) is 9.30 Å². The summed E-state index contributed by atoms with van der Waals surface area (Å²) in [7, 11) is -0.886. The molecule has 5 rings (SSSR count). The van der Waals surface area contributed by atoms with Crippen LogP contribution >= 0.6 is 18.7 Å². The molecule has 2 N–H and O–H groups in total. The van der Waals surface area contributed by atoms with E-state index in [0.29, 0.717) is 45.4 Å². The smallest absolute Gasteiger partial charge is 0.237 e. The van der Waals surface area contributed by atoms with Crippen molar-refractivity contribution >= 4 is 47.2 Å². The van der Waals surface area contributed by atoms with Crippen LogP contribution in [0.2, 0.25) is 5.02 Å². The number of ether oxygens (including phenoxy) is 2.